The minimum atomic E-state index is -0.205. The lowest BCUT2D eigenvalue weighted by Gasteiger charge is -2.37. The number of benzene rings is 1. The molecular formula is C24H22BrN3O2. The third kappa shape index (κ3) is 2.43. The van der Waals surface area contributed by atoms with Gasteiger partial charge in [-0.2, -0.15) is 10.1 Å². The van der Waals surface area contributed by atoms with E-state index < -0.39 is 0 Å². The van der Waals surface area contributed by atoms with Crippen molar-refractivity contribution in [2.24, 2.45) is 40.6 Å². The zero-order valence-corrected chi connectivity index (χ0v) is 18.4. The second-order valence-corrected chi connectivity index (χ2v) is 9.94. The molecule has 5 nitrogen and oxygen atoms in total. The summed E-state index contributed by atoms with van der Waals surface area (Å²) in [4.78, 5) is 26.2. The number of nitrogens with zero attached hydrogens (tertiary/aromatic N) is 3. The molecule has 2 amide bonds. The number of imide groups is 1. The quantitative estimate of drug-likeness (QED) is 0.388. The molecule has 2 bridgehead atoms. The van der Waals surface area contributed by atoms with Crippen molar-refractivity contribution >= 4 is 34.0 Å². The fraction of sp³-hybridized carbons (Fsp3) is 0.375. The molecule has 2 aromatic rings. The van der Waals surface area contributed by atoms with Crippen LogP contribution in [0.4, 0.5) is 0 Å². The molecule has 6 heteroatoms. The Morgan fingerprint density at radius 2 is 1.60 bits per heavy atom. The monoisotopic (exact) mass is 463 g/mol. The Labute approximate surface area is 183 Å². The highest BCUT2D eigenvalue weighted by molar-refractivity contribution is 9.10. The largest absolute Gasteiger partial charge is 0.318 e. The third-order valence-electron chi connectivity index (χ3n) is 7.51. The number of halogens is 1. The maximum absolute atomic E-state index is 13.1. The van der Waals surface area contributed by atoms with E-state index in [1.54, 1.807) is 6.21 Å². The summed E-state index contributed by atoms with van der Waals surface area (Å²) in [7, 11) is 0. The van der Waals surface area contributed by atoms with E-state index in [-0.39, 0.29) is 35.5 Å². The summed E-state index contributed by atoms with van der Waals surface area (Å²) in [6.07, 6.45) is 7.20. The lowest BCUT2D eigenvalue weighted by atomic mass is 9.63. The number of aryl methyl sites for hydroxylation is 1. The first kappa shape index (κ1) is 18.3. The van der Waals surface area contributed by atoms with Gasteiger partial charge in [0.05, 0.1) is 18.1 Å². The first-order chi connectivity index (χ1) is 14.5. The highest BCUT2D eigenvalue weighted by Gasteiger charge is 2.67. The van der Waals surface area contributed by atoms with Crippen molar-refractivity contribution < 1.29 is 9.59 Å². The summed E-state index contributed by atoms with van der Waals surface area (Å²) < 4.78 is 3.18. The predicted molar refractivity (Wildman–Crippen MR) is 117 cm³/mol. The molecule has 0 radical (unpaired) electrons. The van der Waals surface area contributed by atoms with Crippen LogP contribution in [-0.4, -0.2) is 27.6 Å². The van der Waals surface area contributed by atoms with Crippen LogP contribution in [-0.2, 0) is 9.59 Å². The molecule has 6 atom stereocenters. The summed E-state index contributed by atoms with van der Waals surface area (Å²) in [5.74, 6) is 1.01. The van der Waals surface area contributed by atoms with E-state index in [1.165, 1.54) is 6.42 Å². The Bertz CT molecular complexity index is 1110. The fourth-order valence-electron chi connectivity index (χ4n) is 6.08. The van der Waals surface area contributed by atoms with Gasteiger partial charge in [0, 0.05) is 27.1 Å². The molecule has 7 rings (SSSR count). The molecule has 0 spiro atoms. The van der Waals surface area contributed by atoms with Crippen LogP contribution in [0, 0.1) is 49.4 Å². The second-order valence-electron chi connectivity index (χ2n) is 9.03. The smallest absolute Gasteiger partial charge is 0.254 e. The van der Waals surface area contributed by atoms with Crippen molar-refractivity contribution in [2.45, 2.75) is 20.3 Å². The number of carbonyl (C=O) groups excluding carboxylic acids is 2. The Morgan fingerprint density at radius 3 is 2.20 bits per heavy atom. The van der Waals surface area contributed by atoms with Gasteiger partial charge in [0.15, 0.2) is 0 Å². The summed E-state index contributed by atoms with van der Waals surface area (Å²) in [6.45, 7) is 4.07. The number of hydrazone groups is 1. The van der Waals surface area contributed by atoms with E-state index in [2.05, 4.69) is 49.9 Å². The standard InChI is InChI=1S/C24H22BrN3O2/c1-12-9-14(13(2)27(12)16-5-3-15(25)4-6-16)11-26-28-23(29)21-17-7-8-18(20-10-19(17)20)22(21)24(28)30/h3-9,11,17-22H,10H2,1-2H3/b26-11-/t17-,18-,19-,20+,21-,22+/m0/s1. The zero-order chi connectivity index (χ0) is 20.7. The van der Waals surface area contributed by atoms with Gasteiger partial charge in [-0.15, -0.1) is 0 Å². The molecule has 0 N–H and O–H groups in total. The highest BCUT2D eigenvalue weighted by Crippen LogP contribution is 2.65. The average Bonchev–Trinajstić information content (AvgIpc) is 3.46. The SMILES string of the molecule is Cc1cc(/C=N\N2C(=O)[C@@H]3[C@H]4C=C[C@@H]([C@@H]5C[C@H]45)[C@@H]3C2=O)c(C)n1-c1ccc(Br)cc1. The number of hydrogen-bond acceptors (Lipinski definition) is 3. The van der Waals surface area contributed by atoms with Gasteiger partial charge >= 0.3 is 0 Å². The van der Waals surface area contributed by atoms with Gasteiger partial charge in [0.25, 0.3) is 11.8 Å². The van der Waals surface area contributed by atoms with E-state index in [1.807, 2.05) is 32.0 Å². The van der Waals surface area contributed by atoms with E-state index in [4.69, 9.17) is 0 Å². The van der Waals surface area contributed by atoms with Crippen LogP contribution in [0.25, 0.3) is 5.69 Å². The predicted octanol–water partition coefficient (Wildman–Crippen LogP) is 4.24. The first-order valence-electron chi connectivity index (χ1n) is 10.5. The van der Waals surface area contributed by atoms with Crippen molar-refractivity contribution in [3.63, 3.8) is 0 Å². The Hall–Kier alpha value is -2.47. The maximum atomic E-state index is 13.1. The van der Waals surface area contributed by atoms with Crippen LogP contribution >= 0.6 is 15.9 Å². The number of rotatable bonds is 3. The van der Waals surface area contributed by atoms with Gasteiger partial charge < -0.3 is 4.57 Å². The minimum absolute atomic E-state index is 0.118. The number of aromatic nitrogens is 1. The Balaban J connectivity index is 1.30. The molecule has 1 aromatic carbocycles. The summed E-state index contributed by atoms with van der Waals surface area (Å²) in [5.41, 5.74) is 4.08. The molecule has 30 heavy (non-hydrogen) atoms. The average molecular weight is 464 g/mol. The molecule has 3 fully saturated rings. The van der Waals surface area contributed by atoms with Gasteiger partial charge in [0.2, 0.25) is 0 Å². The molecular weight excluding hydrogens is 442 g/mol. The lowest BCUT2D eigenvalue weighted by Crippen LogP contribution is -2.40. The molecule has 2 saturated carbocycles. The number of allylic oxidation sites excluding steroid dienone is 2. The number of hydrogen-bond donors (Lipinski definition) is 0. The number of amides is 2. The molecule has 0 unspecified atom stereocenters. The van der Waals surface area contributed by atoms with Gasteiger partial charge in [-0.05, 0) is 74.3 Å². The van der Waals surface area contributed by atoms with Crippen LogP contribution in [0.2, 0.25) is 0 Å². The van der Waals surface area contributed by atoms with E-state index in [0.29, 0.717) is 11.8 Å². The second kappa shape index (κ2) is 6.27. The van der Waals surface area contributed by atoms with Crippen molar-refractivity contribution in [3.8, 4) is 5.69 Å². The molecule has 2 heterocycles. The van der Waals surface area contributed by atoms with Crippen molar-refractivity contribution in [2.75, 3.05) is 0 Å². The molecule has 4 aliphatic carbocycles. The van der Waals surface area contributed by atoms with Crippen LogP contribution in [0.5, 0.6) is 0 Å². The summed E-state index contributed by atoms with van der Waals surface area (Å²) >= 11 is 3.47. The molecule has 1 aliphatic heterocycles. The van der Waals surface area contributed by atoms with Gasteiger partial charge in [-0.1, -0.05) is 28.1 Å². The third-order valence-corrected chi connectivity index (χ3v) is 8.04. The van der Waals surface area contributed by atoms with Crippen LogP contribution < -0.4 is 0 Å². The summed E-state index contributed by atoms with van der Waals surface area (Å²) in [6, 6.07) is 10.2. The minimum Gasteiger partial charge on any atom is -0.318 e. The van der Waals surface area contributed by atoms with Crippen molar-refractivity contribution in [3.05, 3.63) is 63.9 Å². The normalized spacial score (nSPS) is 33.5. The fourth-order valence-corrected chi connectivity index (χ4v) is 6.35. The molecule has 152 valence electrons. The van der Waals surface area contributed by atoms with Crippen LogP contribution in [0.3, 0.4) is 0 Å². The van der Waals surface area contributed by atoms with Crippen LogP contribution in [0.15, 0.2) is 52.1 Å². The molecule has 1 saturated heterocycles. The molecule has 5 aliphatic rings. The van der Waals surface area contributed by atoms with E-state index in [0.717, 1.165) is 32.1 Å². The zero-order valence-electron chi connectivity index (χ0n) is 16.8. The highest BCUT2D eigenvalue weighted by atomic mass is 79.9. The lowest BCUT2D eigenvalue weighted by molar-refractivity contribution is -0.140. The van der Waals surface area contributed by atoms with Gasteiger partial charge in [-0.3, -0.25) is 9.59 Å². The maximum Gasteiger partial charge on any atom is 0.254 e. The van der Waals surface area contributed by atoms with Crippen molar-refractivity contribution in [1.82, 2.24) is 9.58 Å². The molecule has 1 aromatic heterocycles. The van der Waals surface area contributed by atoms with Gasteiger partial charge in [-0.25, -0.2) is 0 Å². The van der Waals surface area contributed by atoms with Crippen LogP contribution in [0.1, 0.15) is 23.4 Å². The van der Waals surface area contributed by atoms with Crippen molar-refractivity contribution in [1.29, 1.82) is 0 Å². The van der Waals surface area contributed by atoms with Gasteiger partial charge in [0.1, 0.15) is 0 Å². The topological polar surface area (TPSA) is 54.7 Å². The van der Waals surface area contributed by atoms with E-state index in [9.17, 15) is 9.59 Å². The Morgan fingerprint density at radius 1 is 1.00 bits per heavy atom. The number of carbonyl (C=O) groups is 2. The van der Waals surface area contributed by atoms with E-state index >= 15 is 0 Å². The summed E-state index contributed by atoms with van der Waals surface area (Å²) in [5, 5.41) is 5.55. The Kier molecular flexibility index (Phi) is 3.82. The first-order valence-corrected chi connectivity index (χ1v) is 11.3.